The Hall–Kier alpha value is -1.64. The molecule has 0 aliphatic rings. The number of carbonyl (C=O) groups excluding carboxylic acids is 2. The zero-order valence-corrected chi connectivity index (χ0v) is 10.8. The Bertz CT molecular complexity index is 438. The van der Waals surface area contributed by atoms with E-state index in [-0.39, 0.29) is 11.7 Å². The van der Waals surface area contributed by atoms with Crippen LogP contribution in [0.25, 0.3) is 0 Å². The molecule has 0 aliphatic carbocycles. The molecule has 0 spiro atoms. The number of nitrogens with one attached hydrogen (secondary N) is 1. The van der Waals surface area contributed by atoms with Gasteiger partial charge in [-0.3, -0.25) is 9.59 Å². The van der Waals surface area contributed by atoms with E-state index in [9.17, 15) is 9.59 Å². The van der Waals surface area contributed by atoms with E-state index in [1.54, 1.807) is 6.92 Å². The molecule has 0 saturated carbocycles. The van der Waals surface area contributed by atoms with Crippen molar-refractivity contribution in [3.8, 4) is 0 Å². The van der Waals surface area contributed by atoms with Crippen molar-refractivity contribution in [2.45, 2.75) is 40.2 Å². The first-order valence-corrected chi connectivity index (χ1v) is 5.76. The second kappa shape index (κ2) is 5.62. The molecule has 1 aromatic rings. The maximum Gasteiger partial charge on any atom is 0.224 e. The SMILES string of the molecule is CC(=O)C(C)NC(=O)Cc1ccc(C)c(C)c1. The molecular formula is C14H19NO2. The lowest BCUT2D eigenvalue weighted by Gasteiger charge is -2.11. The first-order chi connectivity index (χ1) is 7.90. The minimum atomic E-state index is -0.408. The number of benzene rings is 1. The number of amides is 1. The molecule has 0 saturated heterocycles. The molecule has 0 aliphatic heterocycles. The third-order valence-corrected chi connectivity index (χ3v) is 2.92. The van der Waals surface area contributed by atoms with Crippen LogP contribution in [-0.2, 0) is 16.0 Å². The lowest BCUT2D eigenvalue weighted by molar-refractivity contribution is -0.126. The Kier molecular flexibility index (Phi) is 4.44. The van der Waals surface area contributed by atoms with Gasteiger partial charge in [0.1, 0.15) is 0 Å². The molecule has 3 nitrogen and oxygen atoms in total. The molecule has 1 N–H and O–H groups in total. The molecule has 1 rings (SSSR count). The number of hydrogen-bond donors (Lipinski definition) is 1. The Balaban J connectivity index is 2.62. The molecule has 3 heteroatoms. The van der Waals surface area contributed by atoms with Crippen LogP contribution in [0.4, 0.5) is 0 Å². The first kappa shape index (κ1) is 13.4. The third kappa shape index (κ3) is 4.02. The van der Waals surface area contributed by atoms with E-state index in [0.717, 1.165) is 5.56 Å². The number of Topliss-reactive ketones (excluding diaryl/α,β-unsaturated/α-hetero) is 1. The van der Waals surface area contributed by atoms with Gasteiger partial charge in [-0.25, -0.2) is 0 Å². The van der Waals surface area contributed by atoms with Crippen LogP contribution in [0.5, 0.6) is 0 Å². The van der Waals surface area contributed by atoms with E-state index >= 15 is 0 Å². The molecule has 0 bridgehead atoms. The zero-order valence-electron chi connectivity index (χ0n) is 10.8. The highest BCUT2D eigenvalue weighted by Gasteiger charge is 2.11. The van der Waals surface area contributed by atoms with Crippen molar-refractivity contribution in [3.63, 3.8) is 0 Å². The van der Waals surface area contributed by atoms with Gasteiger partial charge in [-0.1, -0.05) is 18.2 Å². The van der Waals surface area contributed by atoms with Crippen molar-refractivity contribution in [3.05, 3.63) is 34.9 Å². The quantitative estimate of drug-likeness (QED) is 0.863. The largest absolute Gasteiger partial charge is 0.346 e. The van der Waals surface area contributed by atoms with Crippen molar-refractivity contribution < 1.29 is 9.59 Å². The summed E-state index contributed by atoms with van der Waals surface area (Å²) in [5, 5.41) is 2.67. The van der Waals surface area contributed by atoms with Crippen molar-refractivity contribution in [1.82, 2.24) is 5.32 Å². The Morgan fingerprint density at radius 3 is 2.41 bits per heavy atom. The summed E-state index contributed by atoms with van der Waals surface area (Å²) < 4.78 is 0. The van der Waals surface area contributed by atoms with Crippen molar-refractivity contribution in [1.29, 1.82) is 0 Å². The number of hydrogen-bond acceptors (Lipinski definition) is 2. The van der Waals surface area contributed by atoms with E-state index in [1.165, 1.54) is 18.1 Å². The highest BCUT2D eigenvalue weighted by atomic mass is 16.2. The van der Waals surface area contributed by atoms with Crippen LogP contribution in [0.1, 0.15) is 30.5 Å². The third-order valence-electron chi connectivity index (χ3n) is 2.92. The number of carbonyl (C=O) groups is 2. The van der Waals surface area contributed by atoms with Gasteiger partial charge in [0, 0.05) is 0 Å². The fourth-order valence-electron chi connectivity index (χ4n) is 1.49. The highest BCUT2D eigenvalue weighted by Crippen LogP contribution is 2.10. The van der Waals surface area contributed by atoms with E-state index in [4.69, 9.17) is 0 Å². The average Bonchev–Trinajstić information content (AvgIpc) is 2.23. The average molecular weight is 233 g/mol. The summed E-state index contributed by atoms with van der Waals surface area (Å²) in [6.07, 6.45) is 0.318. The van der Waals surface area contributed by atoms with Gasteiger partial charge in [-0.2, -0.15) is 0 Å². The number of ketones is 1. The molecular weight excluding hydrogens is 214 g/mol. The van der Waals surface area contributed by atoms with Crippen LogP contribution in [0.2, 0.25) is 0 Å². The number of rotatable bonds is 4. The van der Waals surface area contributed by atoms with Crippen LogP contribution in [0.15, 0.2) is 18.2 Å². The highest BCUT2D eigenvalue weighted by molar-refractivity contribution is 5.87. The summed E-state index contributed by atoms with van der Waals surface area (Å²) >= 11 is 0. The maximum atomic E-state index is 11.7. The second-order valence-electron chi connectivity index (χ2n) is 4.50. The van der Waals surface area contributed by atoms with Crippen LogP contribution in [0.3, 0.4) is 0 Å². The summed E-state index contributed by atoms with van der Waals surface area (Å²) in [5.41, 5.74) is 3.36. The predicted octanol–water partition coefficient (Wildman–Crippen LogP) is 1.94. The van der Waals surface area contributed by atoms with Gasteiger partial charge < -0.3 is 5.32 Å². The Labute approximate surface area is 102 Å². The summed E-state index contributed by atoms with van der Waals surface area (Å²) in [4.78, 5) is 22.7. The fraction of sp³-hybridized carbons (Fsp3) is 0.429. The molecule has 1 amide bonds. The first-order valence-electron chi connectivity index (χ1n) is 5.76. The minimum absolute atomic E-state index is 0.0292. The Morgan fingerprint density at radius 2 is 1.88 bits per heavy atom. The second-order valence-corrected chi connectivity index (χ2v) is 4.50. The lowest BCUT2D eigenvalue weighted by Crippen LogP contribution is -2.38. The van der Waals surface area contributed by atoms with E-state index in [2.05, 4.69) is 5.32 Å². The molecule has 1 unspecified atom stereocenters. The van der Waals surface area contributed by atoms with Crippen LogP contribution in [-0.4, -0.2) is 17.7 Å². The van der Waals surface area contributed by atoms with Crippen LogP contribution in [0, 0.1) is 13.8 Å². The lowest BCUT2D eigenvalue weighted by atomic mass is 10.0. The summed E-state index contributed by atoms with van der Waals surface area (Å²) in [6, 6.07) is 5.55. The minimum Gasteiger partial charge on any atom is -0.346 e. The molecule has 1 atom stereocenters. The summed E-state index contributed by atoms with van der Waals surface area (Å²) in [6.45, 7) is 7.23. The fourth-order valence-corrected chi connectivity index (χ4v) is 1.49. The standard InChI is InChI=1S/C14H19NO2/c1-9-5-6-13(7-10(9)2)8-14(17)15-11(3)12(4)16/h5-7,11H,8H2,1-4H3,(H,15,17). The van der Waals surface area contributed by atoms with Gasteiger partial charge in [0.2, 0.25) is 5.91 Å². The van der Waals surface area contributed by atoms with Gasteiger partial charge in [0.25, 0.3) is 0 Å². The maximum absolute atomic E-state index is 11.7. The molecule has 0 fully saturated rings. The van der Waals surface area contributed by atoms with Crippen molar-refractivity contribution in [2.75, 3.05) is 0 Å². The molecule has 0 radical (unpaired) electrons. The van der Waals surface area contributed by atoms with Gasteiger partial charge >= 0.3 is 0 Å². The van der Waals surface area contributed by atoms with E-state index in [1.807, 2.05) is 32.0 Å². The normalized spacial score (nSPS) is 12.0. The van der Waals surface area contributed by atoms with Gasteiger partial charge in [-0.15, -0.1) is 0 Å². The smallest absolute Gasteiger partial charge is 0.224 e. The monoisotopic (exact) mass is 233 g/mol. The molecule has 0 heterocycles. The summed E-state index contributed by atoms with van der Waals surface area (Å²) in [5.74, 6) is -0.144. The van der Waals surface area contributed by atoms with Crippen molar-refractivity contribution in [2.24, 2.45) is 0 Å². The molecule has 17 heavy (non-hydrogen) atoms. The van der Waals surface area contributed by atoms with Crippen LogP contribution >= 0.6 is 0 Å². The Morgan fingerprint density at radius 1 is 1.24 bits per heavy atom. The van der Waals surface area contributed by atoms with Gasteiger partial charge in [0.05, 0.1) is 12.5 Å². The summed E-state index contributed by atoms with van der Waals surface area (Å²) in [7, 11) is 0. The molecule has 92 valence electrons. The molecule has 1 aromatic carbocycles. The number of aryl methyl sites for hydroxylation is 2. The zero-order chi connectivity index (χ0) is 13.0. The van der Waals surface area contributed by atoms with Gasteiger partial charge in [0.15, 0.2) is 5.78 Å². The molecule has 0 aromatic heterocycles. The predicted molar refractivity (Wildman–Crippen MR) is 67.9 cm³/mol. The van der Waals surface area contributed by atoms with Gasteiger partial charge in [-0.05, 0) is 44.4 Å². The van der Waals surface area contributed by atoms with Crippen LogP contribution < -0.4 is 5.32 Å². The van der Waals surface area contributed by atoms with Crippen molar-refractivity contribution >= 4 is 11.7 Å². The van der Waals surface area contributed by atoms with E-state index in [0.29, 0.717) is 6.42 Å². The van der Waals surface area contributed by atoms with E-state index < -0.39 is 6.04 Å². The topological polar surface area (TPSA) is 46.2 Å².